The van der Waals surface area contributed by atoms with Crippen molar-refractivity contribution >= 4 is 21.6 Å². The number of hydrogen-bond acceptors (Lipinski definition) is 5. The third-order valence-electron chi connectivity index (χ3n) is 7.10. The molecule has 1 amide bonds. The van der Waals surface area contributed by atoms with E-state index >= 15 is 0 Å². The summed E-state index contributed by atoms with van der Waals surface area (Å²) in [6.07, 6.45) is 1.85. The van der Waals surface area contributed by atoms with Crippen LogP contribution in [0.25, 0.3) is 0 Å². The monoisotopic (exact) mass is 553 g/mol. The molecule has 0 saturated carbocycles. The second-order valence-electron chi connectivity index (χ2n) is 10.0. The van der Waals surface area contributed by atoms with Gasteiger partial charge in [-0.2, -0.15) is 0 Å². The van der Waals surface area contributed by atoms with Crippen molar-refractivity contribution in [1.82, 2.24) is 10.2 Å². The van der Waals surface area contributed by atoms with Crippen LogP contribution >= 0.6 is 0 Å². The molecule has 1 aliphatic heterocycles. The number of piperidine rings is 1. The summed E-state index contributed by atoms with van der Waals surface area (Å²) in [5, 5.41) is 3.14. The van der Waals surface area contributed by atoms with Gasteiger partial charge >= 0.3 is 0 Å². The molecule has 7 nitrogen and oxygen atoms in total. The van der Waals surface area contributed by atoms with Gasteiger partial charge in [0.2, 0.25) is 15.9 Å². The van der Waals surface area contributed by atoms with Gasteiger partial charge in [0.05, 0.1) is 25.0 Å². The Kier molecular flexibility index (Phi) is 9.59. The molecule has 0 unspecified atom stereocenters. The summed E-state index contributed by atoms with van der Waals surface area (Å²) < 4.78 is 47.6. The zero-order chi connectivity index (χ0) is 27.8. The predicted molar refractivity (Wildman–Crippen MR) is 152 cm³/mol. The average Bonchev–Trinajstić information content (AvgIpc) is 2.92. The van der Waals surface area contributed by atoms with Gasteiger partial charge in [-0.15, -0.1) is 0 Å². The number of nitrogens with zero attached hydrogens (tertiary/aromatic N) is 2. The van der Waals surface area contributed by atoms with Gasteiger partial charge in [-0.3, -0.25) is 14.0 Å². The molecule has 4 rings (SSSR count). The molecular weight excluding hydrogens is 517 g/mol. The van der Waals surface area contributed by atoms with Crippen LogP contribution in [-0.2, 0) is 27.0 Å². The molecule has 39 heavy (non-hydrogen) atoms. The van der Waals surface area contributed by atoms with E-state index in [0.29, 0.717) is 17.7 Å². The van der Waals surface area contributed by atoms with Crippen molar-refractivity contribution in [3.8, 4) is 5.75 Å². The lowest BCUT2D eigenvalue weighted by atomic mass is 10.0. The molecule has 0 spiro atoms. The Balaban J connectivity index is 1.36. The molecule has 3 aromatic carbocycles. The van der Waals surface area contributed by atoms with Crippen LogP contribution in [0.3, 0.4) is 0 Å². The van der Waals surface area contributed by atoms with Crippen molar-refractivity contribution in [2.75, 3.05) is 31.0 Å². The Bertz CT molecular complexity index is 1330. The molecule has 0 bridgehead atoms. The molecule has 1 saturated heterocycles. The first-order valence-corrected chi connectivity index (χ1v) is 14.8. The fourth-order valence-electron chi connectivity index (χ4n) is 4.92. The van der Waals surface area contributed by atoms with Crippen LogP contribution in [0, 0.1) is 5.82 Å². The highest BCUT2D eigenvalue weighted by Gasteiger charge is 2.29. The largest absolute Gasteiger partial charge is 0.497 e. The zero-order valence-electron chi connectivity index (χ0n) is 22.4. The highest BCUT2D eigenvalue weighted by molar-refractivity contribution is 7.92. The number of likely N-dealkylation sites (tertiary alicyclic amines) is 1. The van der Waals surface area contributed by atoms with Gasteiger partial charge in [0, 0.05) is 31.7 Å². The van der Waals surface area contributed by atoms with E-state index in [0.717, 1.165) is 37.2 Å². The van der Waals surface area contributed by atoms with Gasteiger partial charge in [-0.25, -0.2) is 12.8 Å². The van der Waals surface area contributed by atoms with Crippen LogP contribution in [0.4, 0.5) is 10.1 Å². The van der Waals surface area contributed by atoms with Crippen LogP contribution in [0.5, 0.6) is 5.75 Å². The number of benzene rings is 3. The van der Waals surface area contributed by atoms with E-state index in [1.165, 1.54) is 22.5 Å². The molecule has 9 heteroatoms. The van der Waals surface area contributed by atoms with E-state index < -0.39 is 15.8 Å². The third-order valence-corrected chi connectivity index (χ3v) is 8.83. The molecule has 1 heterocycles. The maximum Gasteiger partial charge on any atom is 0.239 e. The molecule has 0 radical (unpaired) electrons. The summed E-state index contributed by atoms with van der Waals surface area (Å²) >= 11 is 0. The Morgan fingerprint density at radius 2 is 1.72 bits per heavy atom. The third kappa shape index (κ3) is 8.03. The summed E-state index contributed by atoms with van der Waals surface area (Å²) in [6, 6.07) is 22.2. The lowest BCUT2D eigenvalue weighted by Crippen LogP contribution is -2.51. The smallest absolute Gasteiger partial charge is 0.239 e. The topological polar surface area (TPSA) is 79.0 Å². The van der Waals surface area contributed by atoms with Crippen LogP contribution in [-0.4, -0.2) is 58.1 Å². The first kappa shape index (κ1) is 28.6. The zero-order valence-corrected chi connectivity index (χ0v) is 23.2. The van der Waals surface area contributed by atoms with E-state index in [1.807, 2.05) is 37.3 Å². The minimum absolute atomic E-state index is 0.0176. The number of hydrogen-bond donors (Lipinski definition) is 1. The Morgan fingerprint density at radius 1 is 1.03 bits per heavy atom. The van der Waals surface area contributed by atoms with Crippen LogP contribution in [0.2, 0.25) is 0 Å². The highest BCUT2D eigenvalue weighted by Crippen LogP contribution is 2.24. The minimum atomic E-state index is -3.76. The van der Waals surface area contributed by atoms with Gasteiger partial charge in [-0.05, 0) is 61.2 Å². The average molecular weight is 554 g/mol. The molecule has 1 aliphatic rings. The maximum atomic E-state index is 14.1. The summed E-state index contributed by atoms with van der Waals surface area (Å²) in [5.74, 6) is 0.0889. The van der Waals surface area contributed by atoms with E-state index in [-0.39, 0.29) is 30.3 Å². The number of methoxy groups -OCH3 is 1. The second-order valence-corrected chi connectivity index (χ2v) is 11.9. The first-order valence-electron chi connectivity index (χ1n) is 13.2. The van der Waals surface area contributed by atoms with Crippen molar-refractivity contribution < 1.29 is 22.3 Å². The quantitative estimate of drug-likeness (QED) is 0.381. The fourth-order valence-corrected chi connectivity index (χ4v) is 6.57. The molecule has 1 fully saturated rings. The number of carbonyl (C=O) groups excluding carboxylic acids is 1. The fraction of sp³-hybridized carbons (Fsp3) is 0.367. The number of anilines is 1. The lowest BCUT2D eigenvalue weighted by Gasteiger charge is -2.38. The van der Waals surface area contributed by atoms with Crippen LogP contribution < -0.4 is 14.4 Å². The molecule has 3 aromatic rings. The standard InChI is InChI=1S/C30H36FN3O4S/c1-23(33-17-15-27(16-18-33)32-30(35)19-24-11-13-29(38-2)14-12-24)21-34(28-10-6-9-26(31)20-28)39(36,37)22-25-7-4-3-5-8-25/h3-14,20,23,27H,15-19,21-22H2,1-2H3,(H,32,35)/t23-/m1/s1. The van der Waals surface area contributed by atoms with E-state index in [1.54, 1.807) is 37.4 Å². The number of sulfonamides is 1. The normalized spacial score (nSPS) is 15.5. The number of amides is 1. The van der Waals surface area contributed by atoms with Gasteiger partial charge in [0.25, 0.3) is 0 Å². The van der Waals surface area contributed by atoms with Crippen molar-refractivity contribution in [2.45, 2.75) is 44.0 Å². The van der Waals surface area contributed by atoms with Crippen molar-refractivity contribution in [1.29, 1.82) is 0 Å². The van der Waals surface area contributed by atoms with Gasteiger partial charge in [0.15, 0.2) is 0 Å². The van der Waals surface area contributed by atoms with Crippen molar-refractivity contribution in [3.63, 3.8) is 0 Å². The first-order chi connectivity index (χ1) is 18.7. The van der Waals surface area contributed by atoms with Gasteiger partial charge in [-0.1, -0.05) is 48.5 Å². The molecule has 1 N–H and O–H groups in total. The highest BCUT2D eigenvalue weighted by atomic mass is 32.2. The molecular formula is C30H36FN3O4S. The number of halogens is 1. The maximum absolute atomic E-state index is 14.1. The molecule has 0 aromatic heterocycles. The SMILES string of the molecule is COc1ccc(CC(=O)NC2CCN([C@H](C)CN(c3cccc(F)c3)S(=O)(=O)Cc3ccccc3)CC2)cc1. The summed E-state index contributed by atoms with van der Waals surface area (Å²) in [7, 11) is -2.16. The van der Waals surface area contributed by atoms with E-state index in [4.69, 9.17) is 4.74 Å². The van der Waals surface area contributed by atoms with Crippen molar-refractivity contribution in [3.05, 3.63) is 95.8 Å². The molecule has 0 aliphatic carbocycles. The Labute approximate surface area is 230 Å². The number of rotatable bonds is 11. The van der Waals surface area contributed by atoms with Crippen LogP contribution in [0.1, 0.15) is 30.9 Å². The number of carbonyl (C=O) groups is 1. The Hall–Kier alpha value is -3.43. The molecule has 1 atom stereocenters. The van der Waals surface area contributed by atoms with E-state index in [9.17, 15) is 17.6 Å². The minimum Gasteiger partial charge on any atom is -0.497 e. The molecule has 208 valence electrons. The second kappa shape index (κ2) is 13.1. The summed E-state index contributed by atoms with van der Waals surface area (Å²) in [4.78, 5) is 14.8. The van der Waals surface area contributed by atoms with E-state index in [2.05, 4.69) is 10.2 Å². The van der Waals surface area contributed by atoms with Gasteiger partial charge in [0.1, 0.15) is 11.6 Å². The number of ether oxygens (including phenoxy) is 1. The van der Waals surface area contributed by atoms with Crippen LogP contribution in [0.15, 0.2) is 78.9 Å². The summed E-state index contributed by atoms with van der Waals surface area (Å²) in [6.45, 7) is 3.65. The predicted octanol–water partition coefficient (Wildman–Crippen LogP) is 4.38. The Morgan fingerprint density at radius 3 is 2.36 bits per heavy atom. The van der Waals surface area contributed by atoms with Crippen molar-refractivity contribution in [2.24, 2.45) is 0 Å². The summed E-state index contributed by atoms with van der Waals surface area (Å²) in [5.41, 5.74) is 1.92. The number of nitrogens with one attached hydrogen (secondary N) is 1. The lowest BCUT2D eigenvalue weighted by molar-refractivity contribution is -0.121. The van der Waals surface area contributed by atoms with Gasteiger partial charge < -0.3 is 10.1 Å².